The summed E-state index contributed by atoms with van der Waals surface area (Å²) in [6.07, 6.45) is 5.86. The van der Waals surface area contributed by atoms with Gasteiger partial charge >= 0.3 is 0 Å². The molecule has 3 rings (SSSR count). The Morgan fingerprint density at radius 1 is 1.17 bits per heavy atom. The molecule has 6 nitrogen and oxygen atoms in total. The van der Waals surface area contributed by atoms with Crippen molar-refractivity contribution in [2.45, 2.75) is 53.0 Å². The number of ether oxygens (including phenoxy) is 1. The van der Waals surface area contributed by atoms with Gasteiger partial charge in [-0.05, 0) is 25.0 Å². The second-order valence-corrected chi connectivity index (χ2v) is 7.42. The van der Waals surface area contributed by atoms with E-state index in [0.29, 0.717) is 29.1 Å². The Bertz CT molecular complexity index is 1050. The van der Waals surface area contributed by atoms with Gasteiger partial charge in [0, 0.05) is 36.3 Å². The molecule has 1 aromatic carbocycles. The second-order valence-electron chi connectivity index (χ2n) is 6.98. The van der Waals surface area contributed by atoms with Gasteiger partial charge in [-0.2, -0.15) is 4.99 Å². The predicted molar refractivity (Wildman–Crippen MR) is 118 cm³/mol. The van der Waals surface area contributed by atoms with E-state index in [1.54, 1.807) is 16.7 Å². The van der Waals surface area contributed by atoms with Crippen LogP contribution in [0.4, 0.5) is 5.82 Å². The standard InChI is InChI=1S/C22H27ClN4O2/c1-4-6-7-12-26-20(24-16(3)29-13-5-2)14-21(28)27-15-19(25-22(26)27)17-8-10-18(23)11-9-17/h8-11,14-15H,4-7,12-13H2,1-3H3. The number of rotatable bonds is 8. The molecule has 29 heavy (non-hydrogen) atoms. The number of nitrogens with zero attached hydrogens (tertiary/aromatic N) is 4. The molecule has 154 valence electrons. The molecule has 0 bridgehead atoms. The summed E-state index contributed by atoms with van der Waals surface area (Å²) in [6, 6.07) is 8.98. The van der Waals surface area contributed by atoms with E-state index >= 15 is 0 Å². The van der Waals surface area contributed by atoms with Crippen molar-refractivity contribution in [1.82, 2.24) is 14.0 Å². The monoisotopic (exact) mass is 414 g/mol. The maximum Gasteiger partial charge on any atom is 0.261 e. The summed E-state index contributed by atoms with van der Waals surface area (Å²) in [5.74, 6) is 1.70. The van der Waals surface area contributed by atoms with E-state index in [1.165, 1.54) is 0 Å². The van der Waals surface area contributed by atoms with Gasteiger partial charge < -0.3 is 4.74 Å². The Kier molecular flexibility index (Phi) is 7.09. The number of aromatic nitrogens is 3. The molecule has 0 amide bonds. The van der Waals surface area contributed by atoms with Crippen LogP contribution in [0.3, 0.4) is 0 Å². The molecule has 0 aliphatic heterocycles. The van der Waals surface area contributed by atoms with Crippen LogP contribution in [0, 0.1) is 0 Å². The van der Waals surface area contributed by atoms with Crippen LogP contribution >= 0.6 is 11.6 Å². The van der Waals surface area contributed by atoms with Crippen molar-refractivity contribution in [3.63, 3.8) is 0 Å². The molecule has 0 fully saturated rings. The molecule has 0 N–H and O–H groups in total. The summed E-state index contributed by atoms with van der Waals surface area (Å²) >= 11 is 6.00. The van der Waals surface area contributed by atoms with Crippen LogP contribution in [0.5, 0.6) is 0 Å². The Balaban J connectivity index is 2.11. The predicted octanol–water partition coefficient (Wildman–Crippen LogP) is 5.48. The fraction of sp³-hybridized carbons (Fsp3) is 0.409. The van der Waals surface area contributed by atoms with Gasteiger partial charge in [0.25, 0.3) is 5.56 Å². The average Bonchev–Trinajstić information content (AvgIpc) is 3.15. The molecule has 2 aromatic heterocycles. The zero-order valence-electron chi connectivity index (χ0n) is 17.2. The zero-order chi connectivity index (χ0) is 20.8. The first-order valence-corrected chi connectivity index (χ1v) is 10.5. The summed E-state index contributed by atoms with van der Waals surface area (Å²) in [7, 11) is 0. The van der Waals surface area contributed by atoms with Crippen molar-refractivity contribution in [3.8, 4) is 11.3 Å². The SMILES string of the molecule is CCCCCn1c(N=C(C)OCCC)cc(=O)n2cc(-c3ccc(Cl)cc3)nc12. The Morgan fingerprint density at radius 2 is 1.93 bits per heavy atom. The molecule has 0 unspecified atom stereocenters. The van der Waals surface area contributed by atoms with Crippen LogP contribution in [0.25, 0.3) is 17.0 Å². The quantitative estimate of drug-likeness (QED) is 0.278. The molecule has 3 aromatic rings. The lowest BCUT2D eigenvalue weighted by molar-refractivity contribution is 0.302. The average molecular weight is 415 g/mol. The highest BCUT2D eigenvalue weighted by Crippen LogP contribution is 2.23. The van der Waals surface area contributed by atoms with Gasteiger partial charge in [-0.25, -0.2) is 4.98 Å². The summed E-state index contributed by atoms with van der Waals surface area (Å²) in [5.41, 5.74) is 1.47. The number of fused-ring (bicyclic) bond motifs is 1. The van der Waals surface area contributed by atoms with E-state index in [1.807, 2.05) is 42.7 Å². The lowest BCUT2D eigenvalue weighted by atomic mass is 10.2. The molecule has 7 heteroatoms. The van der Waals surface area contributed by atoms with E-state index in [2.05, 4.69) is 11.9 Å². The number of halogens is 1. The van der Waals surface area contributed by atoms with Gasteiger partial charge in [0.05, 0.1) is 12.3 Å². The molecule has 0 radical (unpaired) electrons. The molecule has 0 aliphatic carbocycles. The van der Waals surface area contributed by atoms with Gasteiger partial charge in [-0.1, -0.05) is 50.4 Å². The van der Waals surface area contributed by atoms with Gasteiger partial charge in [0.15, 0.2) is 5.90 Å². The second kappa shape index (κ2) is 9.74. The highest BCUT2D eigenvalue weighted by atomic mass is 35.5. The highest BCUT2D eigenvalue weighted by molar-refractivity contribution is 6.30. The number of unbranched alkanes of at least 4 members (excludes halogenated alkanes) is 2. The zero-order valence-corrected chi connectivity index (χ0v) is 17.9. The van der Waals surface area contributed by atoms with E-state index < -0.39 is 0 Å². The van der Waals surface area contributed by atoms with E-state index in [9.17, 15) is 4.79 Å². The van der Waals surface area contributed by atoms with Crippen LogP contribution < -0.4 is 5.56 Å². The van der Waals surface area contributed by atoms with E-state index in [-0.39, 0.29) is 5.56 Å². The van der Waals surface area contributed by atoms with Gasteiger partial charge in [0.2, 0.25) is 5.78 Å². The third kappa shape index (κ3) is 5.07. The highest BCUT2D eigenvalue weighted by Gasteiger charge is 2.14. The first-order chi connectivity index (χ1) is 14.0. The number of aliphatic imine (C=N–C) groups is 1. The Morgan fingerprint density at radius 3 is 2.62 bits per heavy atom. The molecular weight excluding hydrogens is 388 g/mol. The third-order valence-electron chi connectivity index (χ3n) is 4.61. The maximum absolute atomic E-state index is 12.8. The van der Waals surface area contributed by atoms with Crippen LogP contribution in [-0.2, 0) is 11.3 Å². The number of benzene rings is 1. The van der Waals surface area contributed by atoms with E-state index in [4.69, 9.17) is 21.3 Å². The molecule has 0 aliphatic rings. The summed E-state index contributed by atoms with van der Waals surface area (Å²) in [4.78, 5) is 22.1. The van der Waals surface area contributed by atoms with Crippen molar-refractivity contribution in [1.29, 1.82) is 0 Å². The number of imidazole rings is 1. The molecule has 2 heterocycles. The molecular formula is C22H27ClN4O2. The number of hydrogen-bond acceptors (Lipinski definition) is 4. The van der Waals surface area contributed by atoms with Crippen molar-refractivity contribution in [2.75, 3.05) is 6.61 Å². The number of aryl methyl sites for hydroxylation is 1. The van der Waals surface area contributed by atoms with Crippen LogP contribution in [0.1, 0.15) is 46.5 Å². The minimum atomic E-state index is -0.165. The van der Waals surface area contributed by atoms with Gasteiger partial charge in [-0.15, -0.1) is 0 Å². The fourth-order valence-electron chi connectivity index (χ4n) is 3.11. The van der Waals surface area contributed by atoms with Gasteiger partial charge in [-0.3, -0.25) is 13.8 Å². The molecule has 0 spiro atoms. The molecule has 0 saturated carbocycles. The first-order valence-electron chi connectivity index (χ1n) is 10.1. The largest absolute Gasteiger partial charge is 0.481 e. The third-order valence-corrected chi connectivity index (χ3v) is 4.86. The minimum absolute atomic E-state index is 0.165. The van der Waals surface area contributed by atoms with E-state index in [0.717, 1.165) is 43.5 Å². The lowest BCUT2D eigenvalue weighted by Gasteiger charge is -2.12. The topological polar surface area (TPSA) is 60.9 Å². The Labute approximate surface area is 175 Å². The van der Waals surface area contributed by atoms with Crippen LogP contribution in [0.2, 0.25) is 5.02 Å². The normalized spacial score (nSPS) is 11.9. The van der Waals surface area contributed by atoms with Crippen LogP contribution in [-0.4, -0.2) is 26.5 Å². The summed E-state index contributed by atoms with van der Waals surface area (Å²) in [6.45, 7) is 7.35. The fourth-order valence-corrected chi connectivity index (χ4v) is 3.24. The van der Waals surface area contributed by atoms with Crippen LogP contribution in [0.15, 0.2) is 46.3 Å². The lowest BCUT2D eigenvalue weighted by Crippen LogP contribution is -2.17. The van der Waals surface area contributed by atoms with Crippen molar-refractivity contribution in [3.05, 3.63) is 51.9 Å². The summed E-state index contributed by atoms with van der Waals surface area (Å²) < 4.78 is 9.18. The first kappa shape index (κ1) is 21.1. The van der Waals surface area contributed by atoms with Gasteiger partial charge in [0.1, 0.15) is 5.82 Å². The molecule has 0 atom stereocenters. The Hall–Kier alpha value is -2.60. The summed E-state index contributed by atoms with van der Waals surface area (Å²) in [5, 5.41) is 0.663. The smallest absolute Gasteiger partial charge is 0.261 e. The van der Waals surface area contributed by atoms with Crippen molar-refractivity contribution >= 4 is 29.1 Å². The van der Waals surface area contributed by atoms with Crippen molar-refractivity contribution in [2.24, 2.45) is 4.99 Å². The minimum Gasteiger partial charge on any atom is -0.481 e. The molecule has 0 saturated heterocycles. The number of hydrogen-bond donors (Lipinski definition) is 0. The maximum atomic E-state index is 12.8. The van der Waals surface area contributed by atoms with Crippen molar-refractivity contribution < 1.29 is 4.74 Å².